The van der Waals surface area contributed by atoms with Gasteiger partial charge in [0.15, 0.2) is 0 Å². The number of likely N-dealkylation sites (tertiary alicyclic amines) is 1. The summed E-state index contributed by atoms with van der Waals surface area (Å²) in [6, 6.07) is 6.63. The van der Waals surface area contributed by atoms with Crippen molar-refractivity contribution in [3.05, 3.63) is 59.9 Å². The number of hydrogen-bond donors (Lipinski definition) is 1. The van der Waals surface area contributed by atoms with Crippen molar-refractivity contribution in [2.24, 2.45) is 11.8 Å². The zero-order valence-corrected chi connectivity index (χ0v) is 14.3. The first-order chi connectivity index (χ1) is 12.7. The Labute approximate surface area is 151 Å². The van der Waals surface area contributed by atoms with Crippen LogP contribution < -0.4 is 5.32 Å². The van der Waals surface area contributed by atoms with Crippen molar-refractivity contribution in [1.29, 1.82) is 0 Å². The SMILES string of the molecule is O=C(NC[C@H]1CO[C@@H]2CN(Cc3ccc(F)cc3)C[C@H]12)c1cnccn1. The zero-order valence-electron chi connectivity index (χ0n) is 14.3. The summed E-state index contributed by atoms with van der Waals surface area (Å²) in [5.74, 6) is 0.272. The molecule has 4 rings (SSSR count). The number of fused-ring (bicyclic) bond motifs is 1. The molecule has 1 aromatic heterocycles. The van der Waals surface area contributed by atoms with Crippen LogP contribution in [-0.4, -0.2) is 53.1 Å². The van der Waals surface area contributed by atoms with Gasteiger partial charge in [-0.3, -0.25) is 14.7 Å². The van der Waals surface area contributed by atoms with Crippen LogP contribution in [0.1, 0.15) is 16.1 Å². The third kappa shape index (κ3) is 3.73. The highest BCUT2D eigenvalue weighted by molar-refractivity contribution is 5.91. The summed E-state index contributed by atoms with van der Waals surface area (Å²) >= 11 is 0. The Morgan fingerprint density at radius 2 is 2.12 bits per heavy atom. The van der Waals surface area contributed by atoms with Gasteiger partial charge in [0.1, 0.15) is 11.5 Å². The van der Waals surface area contributed by atoms with Gasteiger partial charge >= 0.3 is 0 Å². The number of nitrogens with one attached hydrogen (secondary N) is 1. The van der Waals surface area contributed by atoms with Crippen LogP contribution in [-0.2, 0) is 11.3 Å². The molecule has 136 valence electrons. The normalized spacial score (nSPS) is 25.2. The van der Waals surface area contributed by atoms with Gasteiger partial charge in [0.25, 0.3) is 5.91 Å². The maximum atomic E-state index is 13.0. The Balaban J connectivity index is 1.30. The predicted molar refractivity (Wildman–Crippen MR) is 92.8 cm³/mol. The minimum absolute atomic E-state index is 0.203. The van der Waals surface area contributed by atoms with E-state index in [1.165, 1.54) is 24.5 Å². The maximum Gasteiger partial charge on any atom is 0.271 e. The van der Waals surface area contributed by atoms with Gasteiger partial charge in [-0.15, -0.1) is 0 Å². The number of benzene rings is 1. The average molecular weight is 356 g/mol. The summed E-state index contributed by atoms with van der Waals surface area (Å²) in [4.78, 5) is 22.4. The first-order valence-electron chi connectivity index (χ1n) is 8.81. The number of amides is 1. The number of halogens is 1. The highest BCUT2D eigenvalue weighted by Gasteiger charge is 2.43. The minimum Gasteiger partial charge on any atom is -0.376 e. The van der Waals surface area contributed by atoms with Crippen LogP contribution in [0.15, 0.2) is 42.9 Å². The second-order valence-corrected chi connectivity index (χ2v) is 6.92. The van der Waals surface area contributed by atoms with E-state index in [1.807, 2.05) is 12.1 Å². The van der Waals surface area contributed by atoms with Gasteiger partial charge in [0, 0.05) is 50.4 Å². The highest BCUT2D eigenvalue weighted by Crippen LogP contribution is 2.34. The second kappa shape index (κ2) is 7.47. The predicted octanol–water partition coefficient (Wildman–Crippen LogP) is 1.49. The van der Waals surface area contributed by atoms with E-state index in [2.05, 4.69) is 20.2 Å². The molecule has 2 aliphatic rings. The molecule has 3 atom stereocenters. The number of rotatable bonds is 5. The highest BCUT2D eigenvalue weighted by atomic mass is 19.1. The molecule has 0 bridgehead atoms. The molecule has 0 saturated carbocycles. The summed E-state index contributed by atoms with van der Waals surface area (Å²) in [7, 11) is 0. The summed E-state index contributed by atoms with van der Waals surface area (Å²) < 4.78 is 19.0. The largest absolute Gasteiger partial charge is 0.376 e. The van der Waals surface area contributed by atoms with Crippen molar-refractivity contribution in [1.82, 2.24) is 20.2 Å². The molecule has 2 aromatic rings. The van der Waals surface area contributed by atoms with E-state index in [0.717, 1.165) is 25.2 Å². The smallest absolute Gasteiger partial charge is 0.271 e. The van der Waals surface area contributed by atoms with Gasteiger partial charge in [-0.25, -0.2) is 9.37 Å². The first-order valence-corrected chi connectivity index (χ1v) is 8.81. The molecule has 1 amide bonds. The molecule has 6 nitrogen and oxygen atoms in total. The Kier molecular flexibility index (Phi) is 4.90. The fourth-order valence-corrected chi connectivity index (χ4v) is 3.80. The lowest BCUT2D eigenvalue weighted by Crippen LogP contribution is -2.34. The molecular weight excluding hydrogens is 335 g/mol. The molecule has 7 heteroatoms. The Hall–Kier alpha value is -2.38. The van der Waals surface area contributed by atoms with Crippen LogP contribution >= 0.6 is 0 Å². The lowest BCUT2D eigenvalue weighted by molar-refractivity contribution is 0.0901. The van der Waals surface area contributed by atoms with Crippen LogP contribution in [0.2, 0.25) is 0 Å². The van der Waals surface area contributed by atoms with E-state index < -0.39 is 0 Å². The molecule has 2 saturated heterocycles. The van der Waals surface area contributed by atoms with E-state index in [-0.39, 0.29) is 17.8 Å². The standard InChI is InChI=1S/C19H21FN4O2/c20-15-3-1-13(2-4-15)9-24-10-16-14(12-26-18(16)11-24)7-23-19(25)17-8-21-5-6-22-17/h1-6,8,14,16,18H,7,9-12H2,(H,23,25)/t14-,16+,18+/m0/s1. The molecule has 3 heterocycles. The number of carbonyl (C=O) groups is 1. The van der Waals surface area contributed by atoms with E-state index in [0.29, 0.717) is 30.7 Å². The molecule has 2 fully saturated rings. The summed E-state index contributed by atoms with van der Waals surface area (Å²) in [6.45, 7) is 3.82. The molecule has 1 aromatic carbocycles. The van der Waals surface area contributed by atoms with Gasteiger partial charge in [0.05, 0.1) is 18.9 Å². The van der Waals surface area contributed by atoms with Gasteiger partial charge in [-0.1, -0.05) is 12.1 Å². The van der Waals surface area contributed by atoms with Crippen LogP contribution in [0.3, 0.4) is 0 Å². The third-order valence-corrected chi connectivity index (χ3v) is 5.15. The van der Waals surface area contributed by atoms with E-state index in [9.17, 15) is 9.18 Å². The zero-order chi connectivity index (χ0) is 17.9. The lowest BCUT2D eigenvalue weighted by atomic mass is 9.93. The topological polar surface area (TPSA) is 67.3 Å². The van der Waals surface area contributed by atoms with Crippen LogP contribution in [0.25, 0.3) is 0 Å². The lowest BCUT2D eigenvalue weighted by Gasteiger charge is -2.20. The molecule has 1 N–H and O–H groups in total. The van der Waals surface area contributed by atoms with E-state index >= 15 is 0 Å². The Morgan fingerprint density at radius 1 is 1.27 bits per heavy atom. The van der Waals surface area contributed by atoms with Gasteiger partial charge in [0.2, 0.25) is 0 Å². The molecule has 0 radical (unpaired) electrons. The van der Waals surface area contributed by atoms with E-state index in [1.54, 1.807) is 6.20 Å². The van der Waals surface area contributed by atoms with E-state index in [4.69, 9.17) is 4.74 Å². The van der Waals surface area contributed by atoms with Crippen molar-refractivity contribution in [2.75, 3.05) is 26.2 Å². The van der Waals surface area contributed by atoms with Gasteiger partial charge in [-0.2, -0.15) is 0 Å². The quantitative estimate of drug-likeness (QED) is 0.879. The van der Waals surface area contributed by atoms with Crippen molar-refractivity contribution in [3.8, 4) is 0 Å². The molecular formula is C19H21FN4O2. The summed E-state index contributed by atoms with van der Waals surface area (Å²) in [5.41, 5.74) is 1.42. The second-order valence-electron chi connectivity index (χ2n) is 6.92. The van der Waals surface area contributed by atoms with Gasteiger partial charge in [-0.05, 0) is 17.7 Å². The number of ether oxygens (including phenoxy) is 1. The molecule has 26 heavy (non-hydrogen) atoms. The van der Waals surface area contributed by atoms with Crippen molar-refractivity contribution in [2.45, 2.75) is 12.6 Å². The van der Waals surface area contributed by atoms with Crippen molar-refractivity contribution in [3.63, 3.8) is 0 Å². The molecule has 0 spiro atoms. The minimum atomic E-state index is -0.214. The van der Waals surface area contributed by atoms with Crippen molar-refractivity contribution < 1.29 is 13.9 Å². The van der Waals surface area contributed by atoms with Crippen LogP contribution in [0, 0.1) is 17.7 Å². The average Bonchev–Trinajstić information content (AvgIpc) is 3.23. The third-order valence-electron chi connectivity index (χ3n) is 5.15. The number of nitrogens with zero attached hydrogens (tertiary/aromatic N) is 3. The number of carbonyl (C=O) groups excluding carboxylic acids is 1. The Morgan fingerprint density at radius 3 is 2.88 bits per heavy atom. The first kappa shape index (κ1) is 17.1. The monoisotopic (exact) mass is 356 g/mol. The summed E-state index contributed by atoms with van der Waals surface area (Å²) in [6.07, 6.45) is 4.71. The fraction of sp³-hybridized carbons (Fsp3) is 0.421. The maximum absolute atomic E-state index is 13.0. The number of aromatic nitrogens is 2. The molecule has 0 aliphatic carbocycles. The Bertz CT molecular complexity index is 756. The van der Waals surface area contributed by atoms with Crippen LogP contribution in [0.5, 0.6) is 0 Å². The van der Waals surface area contributed by atoms with Crippen molar-refractivity contribution >= 4 is 5.91 Å². The molecule has 0 unspecified atom stereocenters. The molecule has 2 aliphatic heterocycles. The summed E-state index contributed by atoms with van der Waals surface area (Å²) in [5, 5.41) is 2.94. The fourth-order valence-electron chi connectivity index (χ4n) is 3.80. The van der Waals surface area contributed by atoms with Crippen LogP contribution in [0.4, 0.5) is 4.39 Å². The number of hydrogen-bond acceptors (Lipinski definition) is 5. The van der Waals surface area contributed by atoms with Gasteiger partial charge < -0.3 is 10.1 Å².